The molecule has 0 unspecified atom stereocenters. The Morgan fingerprint density at radius 1 is 0.964 bits per heavy atom. The highest BCUT2D eigenvalue weighted by Crippen LogP contribution is 2.37. The summed E-state index contributed by atoms with van der Waals surface area (Å²) in [6.45, 7) is 0.737. The molecule has 1 aliphatic carbocycles. The Morgan fingerprint density at radius 2 is 1.79 bits per heavy atom. The average Bonchev–Trinajstić information content (AvgIpc) is 3.25. The molecule has 0 saturated heterocycles. The number of anilines is 2. The maximum Gasteiger partial charge on any atom is 0.255 e. The summed E-state index contributed by atoms with van der Waals surface area (Å²) in [6.07, 6.45) is 6.77. The van der Waals surface area contributed by atoms with Gasteiger partial charge in [-0.05, 0) is 67.3 Å². The van der Waals surface area contributed by atoms with Crippen molar-refractivity contribution < 1.29 is 9.59 Å². The molecule has 1 aromatic heterocycles. The molecule has 0 spiro atoms. The Balaban J connectivity index is 1.37. The summed E-state index contributed by atoms with van der Waals surface area (Å²) in [6, 6.07) is 17.3. The van der Waals surface area contributed by atoms with E-state index in [4.69, 9.17) is 0 Å². The number of nitrogens with one attached hydrogen (secondary N) is 1. The van der Waals surface area contributed by atoms with Crippen molar-refractivity contribution in [2.75, 3.05) is 16.8 Å². The third-order valence-electron chi connectivity index (χ3n) is 5.44. The summed E-state index contributed by atoms with van der Waals surface area (Å²) in [7, 11) is 0. The van der Waals surface area contributed by atoms with Gasteiger partial charge >= 0.3 is 0 Å². The van der Waals surface area contributed by atoms with Crippen LogP contribution in [0.5, 0.6) is 0 Å². The lowest BCUT2D eigenvalue weighted by Crippen LogP contribution is -2.30. The van der Waals surface area contributed by atoms with Crippen molar-refractivity contribution in [2.24, 2.45) is 5.92 Å². The molecule has 2 amide bonds. The third kappa shape index (κ3) is 3.09. The van der Waals surface area contributed by atoms with E-state index in [0.29, 0.717) is 11.3 Å². The summed E-state index contributed by atoms with van der Waals surface area (Å²) in [5.74, 6) is 0.259. The monoisotopic (exact) mass is 371 g/mol. The number of hydrogen-bond donors (Lipinski definition) is 1. The van der Waals surface area contributed by atoms with Gasteiger partial charge in [-0.2, -0.15) is 0 Å². The topological polar surface area (TPSA) is 54.3 Å². The van der Waals surface area contributed by atoms with Crippen molar-refractivity contribution >= 4 is 23.2 Å². The molecule has 3 aromatic rings. The van der Waals surface area contributed by atoms with E-state index in [1.54, 1.807) is 6.07 Å². The fraction of sp³-hybridized carbons (Fsp3) is 0.217. The van der Waals surface area contributed by atoms with Gasteiger partial charge in [0, 0.05) is 47.5 Å². The second-order valence-corrected chi connectivity index (χ2v) is 7.45. The first kappa shape index (κ1) is 16.8. The first-order valence-corrected chi connectivity index (χ1v) is 9.68. The zero-order chi connectivity index (χ0) is 19.1. The Hall–Kier alpha value is -3.34. The summed E-state index contributed by atoms with van der Waals surface area (Å²) in [5, 5.41) is 2.98. The van der Waals surface area contributed by atoms with Gasteiger partial charge in [0.15, 0.2) is 0 Å². The van der Waals surface area contributed by atoms with Gasteiger partial charge in [0.25, 0.3) is 5.91 Å². The summed E-state index contributed by atoms with van der Waals surface area (Å²) in [5.41, 5.74) is 4.36. The molecular weight excluding hydrogens is 350 g/mol. The van der Waals surface area contributed by atoms with Gasteiger partial charge < -0.3 is 14.8 Å². The van der Waals surface area contributed by atoms with Crippen molar-refractivity contribution in [1.82, 2.24) is 4.57 Å². The molecule has 2 aliphatic rings. The summed E-state index contributed by atoms with van der Waals surface area (Å²) >= 11 is 0. The second kappa shape index (κ2) is 6.68. The van der Waals surface area contributed by atoms with E-state index < -0.39 is 0 Å². The van der Waals surface area contributed by atoms with Crippen LogP contribution in [0.15, 0.2) is 67.0 Å². The largest absolute Gasteiger partial charge is 0.324 e. The van der Waals surface area contributed by atoms with Gasteiger partial charge in [-0.3, -0.25) is 9.59 Å². The lowest BCUT2D eigenvalue weighted by Gasteiger charge is -2.18. The van der Waals surface area contributed by atoms with Crippen molar-refractivity contribution in [3.05, 3.63) is 78.1 Å². The van der Waals surface area contributed by atoms with Gasteiger partial charge in [0.05, 0.1) is 0 Å². The van der Waals surface area contributed by atoms with Crippen molar-refractivity contribution in [2.45, 2.75) is 19.3 Å². The van der Waals surface area contributed by atoms with Crippen LogP contribution in [0.1, 0.15) is 28.8 Å². The predicted octanol–water partition coefficient (Wildman–Crippen LogP) is 4.03. The first-order chi connectivity index (χ1) is 13.7. The normalized spacial score (nSPS) is 15.4. The second-order valence-electron chi connectivity index (χ2n) is 7.45. The Kier molecular flexibility index (Phi) is 4.01. The zero-order valence-corrected chi connectivity index (χ0v) is 15.5. The molecule has 140 valence electrons. The molecule has 1 aliphatic heterocycles. The summed E-state index contributed by atoms with van der Waals surface area (Å²) in [4.78, 5) is 27.2. The van der Waals surface area contributed by atoms with Crippen LogP contribution in [-0.2, 0) is 11.2 Å². The van der Waals surface area contributed by atoms with Gasteiger partial charge in [-0.1, -0.05) is 12.1 Å². The number of nitrogens with zero attached hydrogens (tertiary/aromatic N) is 2. The van der Waals surface area contributed by atoms with Gasteiger partial charge in [0.1, 0.15) is 0 Å². The molecule has 2 aromatic carbocycles. The van der Waals surface area contributed by atoms with Gasteiger partial charge in [-0.15, -0.1) is 0 Å². The van der Waals surface area contributed by atoms with Crippen molar-refractivity contribution in [3.63, 3.8) is 0 Å². The zero-order valence-electron chi connectivity index (χ0n) is 15.5. The van der Waals surface area contributed by atoms with E-state index in [0.717, 1.165) is 37.2 Å². The average molecular weight is 371 g/mol. The minimum atomic E-state index is -0.160. The van der Waals surface area contributed by atoms with Gasteiger partial charge in [-0.25, -0.2) is 0 Å². The van der Waals surface area contributed by atoms with Crippen LogP contribution in [-0.4, -0.2) is 22.9 Å². The minimum Gasteiger partial charge on any atom is -0.324 e. The van der Waals surface area contributed by atoms with Crippen molar-refractivity contribution in [3.8, 4) is 5.69 Å². The molecule has 5 heteroatoms. The van der Waals surface area contributed by atoms with Gasteiger partial charge in [0.2, 0.25) is 5.91 Å². The maximum absolute atomic E-state index is 12.8. The molecular formula is C23H21N3O2. The molecule has 1 N–H and O–H groups in total. The molecule has 5 nitrogen and oxygen atoms in total. The van der Waals surface area contributed by atoms with E-state index in [-0.39, 0.29) is 17.7 Å². The number of amides is 2. The van der Waals surface area contributed by atoms with Crippen molar-refractivity contribution in [1.29, 1.82) is 0 Å². The lowest BCUT2D eigenvalue weighted by molar-refractivity contribution is -0.119. The predicted molar refractivity (Wildman–Crippen MR) is 109 cm³/mol. The molecule has 0 atom stereocenters. The number of aromatic nitrogens is 1. The van der Waals surface area contributed by atoms with Crippen LogP contribution in [0.2, 0.25) is 0 Å². The number of benzene rings is 2. The van der Waals surface area contributed by atoms with E-state index in [9.17, 15) is 9.59 Å². The molecule has 5 rings (SSSR count). The lowest BCUT2D eigenvalue weighted by atomic mass is 10.1. The number of fused-ring (bicyclic) bond motifs is 1. The van der Waals surface area contributed by atoms with Crippen LogP contribution in [0, 0.1) is 5.92 Å². The molecule has 1 fully saturated rings. The molecule has 1 saturated carbocycles. The highest BCUT2D eigenvalue weighted by molar-refractivity contribution is 6.05. The van der Waals surface area contributed by atoms with E-state index in [1.165, 1.54) is 5.56 Å². The highest BCUT2D eigenvalue weighted by Gasteiger charge is 2.36. The standard InChI is InChI=1S/C23H21N3O2/c27-22(18-4-3-5-20(14-18)25-11-1-2-12-25)24-19-9-8-16-10-13-26(21(16)15-19)23(28)17-6-7-17/h1-5,8-9,11-12,14-15,17H,6-7,10,13H2,(H,24,27). The number of carbonyl (C=O) groups is 2. The fourth-order valence-electron chi connectivity index (χ4n) is 3.75. The number of hydrogen-bond acceptors (Lipinski definition) is 2. The minimum absolute atomic E-state index is 0.160. The van der Waals surface area contributed by atoms with E-state index >= 15 is 0 Å². The van der Waals surface area contributed by atoms with E-state index in [2.05, 4.69) is 5.32 Å². The van der Waals surface area contributed by atoms with E-state index in [1.807, 2.05) is 70.4 Å². The van der Waals surface area contributed by atoms with Crippen LogP contribution in [0.25, 0.3) is 5.69 Å². The number of rotatable bonds is 4. The van der Waals surface area contributed by atoms with Crippen LogP contribution in [0.4, 0.5) is 11.4 Å². The number of carbonyl (C=O) groups excluding carboxylic acids is 2. The first-order valence-electron chi connectivity index (χ1n) is 9.68. The fourth-order valence-corrected chi connectivity index (χ4v) is 3.75. The summed E-state index contributed by atoms with van der Waals surface area (Å²) < 4.78 is 1.97. The molecule has 0 bridgehead atoms. The molecule has 28 heavy (non-hydrogen) atoms. The highest BCUT2D eigenvalue weighted by atomic mass is 16.2. The smallest absolute Gasteiger partial charge is 0.255 e. The van der Waals surface area contributed by atoms with Crippen LogP contribution in [0.3, 0.4) is 0 Å². The van der Waals surface area contributed by atoms with Crippen LogP contribution < -0.4 is 10.2 Å². The SMILES string of the molecule is O=C(Nc1ccc2c(c1)N(C(=O)C1CC1)CC2)c1cccc(-n2cccc2)c1. The maximum atomic E-state index is 12.8. The Bertz CT molecular complexity index is 1050. The van der Waals surface area contributed by atoms with Crippen LogP contribution >= 0.6 is 0 Å². The molecule has 0 radical (unpaired) electrons. The third-order valence-corrected chi connectivity index (χ3v) is 5.44. The quantitative estimate of drug-likeness (QED) is 0.753. The molecule has 2 heterocycles. The Labute approximate surface area is 163 Å². The Morgan fingerprint density at radius 3 is 2.57 bits per heavy atom.